The maximum Gasteiger partial charge on any atom is 0.166 e. The number of aldehydes is 1. The minimum absolute atomic E-state index is 0.0280. The van der Waals surface area contributed by atoms with E-state index in [9.17, 15) is 9.90 Å². The van der Waals surface area contributed by atoms with E-state index in [0.717, 1.165) is 17.2 Å². The summed E-state index contributed by atoms with van der Waals surface area (Å²) >= 11 is 0. The van der Waals surface area contributed by atoms with Gasteiger partial charge in [-0.1, -0.05) is 18.2 Å². The largest absolute Gasteiger partial charge is 0.504 e. The van der Waals surface area contributed by atoms with Crippen molar-refractivity contribution in [2.75, 3.05) is 7.11 Å². The molecule has 3 heteroatoms. The van der Waals surface area contributed by atoms with E-state index >= 15 is 0 Å². The molecule has 0 unspecified atom stereocenters. The van der Waals surface area contributed by atoms with Crippen LogP contribution in [0.1, 0.15) is 15.9 Å². The topological polar surface area (TPSA) is 46.5 Å². The summed E-state index contributed by atoms with van der Waals surface area (Å²) in [5.41, 5.74) is 1.31. The second-order valence-electron chi connectivity index (χ2n) is 3.64. The molecule has 0 radical (unpaired) electrons. The Kier molecular flexibility index (Phi) is 2.52. The van der Waals surface area contributed by atoms with Crippen LogP contribution in [-0.2, 0) is 0 Å². The molecule has 16 heavy (non-hydrogen) atoms. The number of carbonyl (C=O) groups is 1. The van der Waals surface area contributed by atoms with Gasteiger partial charge in [0.1, 0.15) is 0 Å². The van der Waals surface area contributed by atoms with Crippen LogP contribution in [0.4, 0.5) is 0 Å². The van der Waals surface area contributed by atoms with E-state index in [1.54, 1.807) is 12.1 Å². The third kappa shape index (κ3) is 1.41. The van der Waals surface area contributed by atoms with Gasteiger partial charge in [-0.05, 0) is 23.9 Å². The van der Waals surface area contributed by atoms with Crippen molar-refractivity contribution in [2.24, 2.45) is 0 Å². The zero-order valence-corrected chi connectivity index (χ0v) is 9.15. The van der Waals surface area contributed by atoms with E-state index < -0.39 is 0 Å². The van der Waals surface area contributed by atoms with Crippen molar-refractivity contribution in [3.05, 3.63) is 35.4 Å². The lowest BCUT2D eigenvalue weighted by atomic mass is 10.0. The number of hydrogen-bond donors (Lipinski definition) is 1. The number of hydrogen-bond acceptors (Lipinski definition) is 3. The molecule has 2 aromatic rings. The quantitative estimate of drug-likeness (QED) is 0.785. The maximum absolute atomic E-state index is 10.9. The number of rotatable bonds is 2. The van der Waals surface area contributed by atoms with Crippen molar-refractivity contribution in [3.8, 4) is 11.5 Å². The lowest BCUT2D eigenvalue weighted by Crippen LogP contribution is -1.91. The van der Waals surface area contributed by atoms with Gasteiger partial charge in [-0.15, -0.1) is 0 Å². The Bertz CT molecular complexity index is 559. The molecule has 2 rings (SSSR count). The fourth-order valence-electron chi connectivity index (χ4n) is 1.94. The average molecular weight is 216 g/mol. The first-order chi connectivity index (χ1) is 7.69. The van der Waals surface area contributed by atoms with Gasteiger partial charge in [-0.25, -0.2) is 0 Å². The monoisotopic (exact) mass is 216 g/mol. The second-order valence-corrected chi connectivity index (χ2v) is 3.64. The maximum atomic E-state index is 10.9. The highest BCUT2D eigenvalue weighted by atomic mass is 16.5. The Morgan fingerprint density at radius 3 is 2.75 bits per heavy atom. The molecular formula is C13H12O3. The zero-order chi connectivity index (χ0) is 11.7. The first-order valence-electron chi connectivity index (χ1n) is 4.93. The number of phenolic OH excluding ortho intramolecular Hbond substituents is 1. The minimum Gasteiger partial charge on any atom is -0.504 e. The van der Waals surface area contributed by atoms with Gasteiger partial charge in [0.05, 0.1) is 7.11 Å². The average Bonchev–Trinajstić information content (AvgIpc) is 2.28. The summed E-state index contributed by atoms with van der Waals surface area (Å²) < 4.78 is 5.12. The van der Waals surface area contributed by atoms with Crippen LogP contribution in [0, 0.1) is 6.92 Å². The molecule has 0 atom stereocenters. The highest BCUT2D eigenvalue weighted by molar-refractivity contribution is 6.03. The SMILES string of the molecule is COc1c(C)cc2cccc(C=O)c2c1O. The molecule has 1 N–H and O–H groups in total. The number of fused-ring (bicyclic) bond motifs is 1. The lowest BCUT2D eigenvalue weighted by Gasteiger charge is -2.11. The van der Waals surface area contributed by atoms with Crippen LogP contribution in [-0.4, -0.2) is 18.5 Å². The van der Waals surface area contributed by atoms with Crippen LogP contribution >= 0.6 is 0 Å². The first kappa shape index (κ1) is 10.5. The fourth-order valence-corrected chi connectivity index (χ4v) is 1.94. The third-order valence-electron chi connectivity index (χ3n) is 2.64. The smallest absolute Gasteiger partial charge is 0.166 e. The zero-order valence-electron chi connectivity index (χ0n) is 9.15. The Hall–Kier alpha value is -2.03. The van der Waals surface area contributed by atoms with Crippen LogP contribution < -0.4 is 4.74 Å². The molecule has 0 heterocycles. The van der Waals surface area contributed by atoms with Gasteiger partial charge in [0, 0.05) is 10.9 Å². The van der Waals surface area contributed by atoms with Crippen LogP contribution in [0.3, 0.4) is 0 Å². The van der Waals surface area contributed by atoms with Crippen molar-refractivity contribution in [2.45, 2.75) is 6.92 Å². The molecule has 3 nitrogen and oxygen atoms in total. The minimum atomic E-state index is 0.0280. The van der Waals surface area contributed by atoms with Crippen LogP contribution in [0.15, 0.2) is 24.3 Å². The van der Waals surface area contributed by atoms with Gasteiger partial charge in [0.2, 0.25) is 0 Å². The standard InChI is InChI=1S/C13H12O3/c1-8-6-9-4-3-5-10(7-14)11(9)12(15)13(8)16-2/h3-7,15H,1-2H3. The number of carbonyl (C=O) groups excluding carboxylic acids is 1. The van der Waals surface area contributed by atoms with Crippen molar-refractivity contribution < 1.29 is 14.6 Å². The molecule has 0 aliphatic rings. The Labute approximate surface area is 93.3 Å². The number of aromatic hydroxyl groups is 1. The van der Waals surface area contributed by atoms with Gasteiger partial charge in [0.25, 0.3) is 0 Å². The number of phenols is 1. The highest BCUT2D eigenvalue weighted by Crippen LogP contribution is 2.38. The molecule has 0 aliphatic heterocycles. The summed E-state index contributed by atoms with van der Waals surface area (Å²) in [6, 6.07) is 7.20. The molecule has 82 valence electrons. The molecule has 0 amide bonds. The first-order valence-corrected chi connectivity index (χ1v) is 4.93. The Morgan fingerprint density at radius 1 is 1.38 bits per heavy atom. The van der Waals surface area contributed by atoms with E-state index in [1.165, 1.54) is 7.11 Å². The third-order valence-corrected chi connectivity index (χ3v) is 2.64. The van der Waals surface area contributed by atoms with Crippen LogP contribution in [0.5, 0.6) is 11.5 Å². The van der Waals surface area contributed by atoms with E-state index in [4.69, 9.17) is 4.74 Å². The number of benzene rings is 2. The molecule has 2 aromatic carbocycles. The number of ether oxygens (including phenoxy) is 1. The molecule has 0 aromatic heterocycles. The number of methoxy groups -OCH3 is 1. The van der Waals surface area contributed by atoms with E-state index in [2.05, 4.69) is 0 Å². The molecular weight excluding hydrogens is 204 g/mol. The van der Waals surface area contributed by atoms with Gasteiger partial charge < -0.3 is 9.84 Å². The second kappa shape index (κ2) is 3.85. The van der Waals surface area contributed by atoms with Gasteiger partial charge >= 0.3 is 0 Å². The summed E-state index contributed by atoms with van der Waals surface area (Å²) in [4.78, 5) is 10.9. The van der Waals surface area contributed by atoms with E-state index in [1.807, 2.05) is 19.1 Å². The van der Waals surface area contributed by atoms with Crippen molar-refractivity contribution in [1.29, 1.82) is 0 Å². The van der Waals surface area contributed by atoms with E-state index in [0.29, 0.717) is 16.7 Å². The van der Waals surface area contributed by atoms with Gasteiger partial charge in [-0.3, -0.25) is 4.79 Å². The summed E-state index contributed by atoms with van der Waals surface area (Å²) in [6.07, 6.45) is 0.733. The Morgan fingerprint density at radius 2 is 2.12 bits per heavy atom. The van der Waals surface area contributed by atoms with Crippen LogP contribution in [0.2, 0.25) is 0 Å². The number of aryl methyl sites for hydroxylation is 1. The molecule has 0 bridgehead atoms. The Balaban J connectivity index is 2.94. The summed E-state index contributed by atoms with van der Waals surface area (Å²) in [5, 5.41) is 11.4. The molecule has 0 saturated carbocycles. The van der Waals surface area contributed by atoms with Crippen molar-refractivity contribution >= 4 is 17.1 Å². The fraction of sp³-hybridized carbons (Fsp3) is 0.154. The van der Waals surface area contributed by atoms with Gasteiger partial charge in [0.15, 0.2) is 17.8 Å². The van der Waals surface area contributed by atoms with Crippen LogP contribution in [0.25, 0.3) is 10.8 Å². The molecule has 0 spiro atoms. The van der Waals surface area contributed by atoms with Gasteiger partial charge in [-0.2, -0.15) is 0 Å². The normalized spacial score (nSPS) is 10.4. The van der Waals surface area contributed by atoms with Crippen molar-refractivity contribution in [3.63, 3.8) is 0 Å². The summed E-state index contributed by atoms with van der Waals surface area (Å²) in [6.45, 7) is 1.85. The lowest BCUT2D eigenvalue weighted by molar-refractivity contribution is 0.112. The summed E-state index contributed by atoms with van der Waals surface area (Å²) in [5.74, 6) is 0.446. The predicted octanol–water partition coefficient (Wildman–Crippen LogP) is 2.67. The summed E-state index contributed by atoms with van der Waals surface area (Å²) in [7, 11) is 1.50. The highest BCUT2D eigenvalue weighted by Gasteiger charge is 2.13. The predicted molar refractivity (Wildman–Crippen MR) is 62.3 cm³/mol. The molecule has 0 aliphatic carbocycles. The van der Waals surface area contributed by atoms with Crippen molar-refractivity contribution in [1.82, 2.24) is 0 Å². The van der Waals surface area contributed by atoms with E-state index in [-0.39, 0.29) is 5.75 Å². The molecule has 0 saturated heterocycles. The molecule has 0 fully saturated rings.